The van der Waals surface area contributed by atoms with Gasteiger partial charge in [0, 0.05) is 24.0 Å². The lowest BCUT2D eigenvalue weighted by molar-refractivity contribution is 0.00700. The fourth-order valence-corrected chi connectivity index (χ4v) is 6.62. The zero-order valence-corrected chi connectivity index (χ0v) is 26.4. The maximum atomic E-state index is 14.2. The molecule has 0 atom stereocenters. The van der Waals surface area contributed by atoms with E-state index in [-0.39, 0.29) is 29.3 Å². The van der Waals surface area contributed by atoms with Crippen LogP contribution < -0.4 is 0 Å². The van der Waals surface area contributed by atoms with Crippen molar-refractivity contribution in [1.29, 1.82) is 0 Å². The Balaban J connectivity index is 1.56. The van der Waals surface area contributed by atoms with Gasteiger partial charge in [0.05, 0.1) is 10.5 Å². The lowest BCUT2D eigenvalue weighted by atomic mass is 9.97. The molecule has 9 heteroatoms. The Kier molecular flexibility index (Phi) is 8.95. The van der Waals surface area contributed by atoms with Crippen LogP contribution in [0.2, 0.25) is 0 Å². The first-order valence-electron chi connectivity index (χ1n) is 14.6. The molecule has 4 aromatic carbocycles. The number of hydrogen-bond acceptors (Lipinski definition) is 6. The summed E-state index contributed by atoms with van der Waals surface area (Å²) in [4.78, 5) is 25.1. The topological polar surface area (TPSA) is 114 Å². The van der Waals surface area contributed by atoms with Crippen molar-refractivity contribution in [2.75, 3.05) is 6.54 Å². The highest BCUT2D eigenvalue weighted by Gasteiger charge is 2.28. The minimum Gasteiger partial charge on any atom is -0.475 e. The summed E-state index contributed by atoms with van der Waals surface area (Å²) in [6, 6.07) is 28.8. The third-order valence-corrected chi connectivity index (χ3v) is 9.22. The number of aryl methyl sites for hydroxylation is 1. The number of furan rings is 1. The number of sulfonamides is 1. The molecule has 0 aliphatic carbocycles. The van der Waals surface area contributed by atoms with Gasteiger partial charge in [-0.05, 0) is 80.6 Å². The number of aromatic carboxylic acids is 1. The van der Waals surface area contributed by atoms with Gasteiger partial charge in [-0.2, -0.15) is 4.31 Å². The van der Waals surface area contributed by atoms with Crippen molar-refractivity contribution in [3.63, 3.8) is 0 Å². The maximum absolute atomic E-state index is 14.2. The minimum absolute atomic E-state index is 0.0111. The molecular formula is C36H35NO7S. The molecule has 45 heavy (non-hydrogen) atoms. The van der Waals surface area contributed by atoms with Crippen molar-refractivity contribution in [3.05, 3.63) is 125 Å². The average Bonchev–Trinajstić information content (AvgIpc) is 3.35. The fraction of sp³-hybridized carbons (Fsp3) is 0.222. The van der Waals surface area contributed by atoms with Gasteiger partial charge in [-0.1, -0.05) is 72.8 Å². The quantitative estimate of drug-likeness (QED) is 0.160. The SMILES string of the molecule is Cc1c(C(=O)O)oc2ccc(S(=O)(=O)N(CCc3ccccc3)Cc3ccc(-c4ccccc4)c(C(=O)OC(C)(C)C)c3)cc12. The van der Waals surface area contributed by atoms with Gasteiger partial charge in [0.25, 0.3) is 0 Å². The highest BCUT2D eigenvalue weighted by atomic mass is 32.2. The molecule has 5 aromatic rings. The highest BCUT2D eigenvalue weighted by Crippen LogP contribution is 2.31. The van der Waals surface area contributed by atoms with Crippen LogP contribution in [-0.2, 0) is 27.7 Å². The number of nitrogens with zero attached hydrogens (tertiary/aromatic N) is 1. The van der Waals surface area contributed by atoms with Gasteiger partial charge in [0.2, 0.25) is 15.8 Å². The molecule has 5 rings (SSSR count). The van der Waals surface area contributed by atoms with Crippen molar-refractivity contribution < 1.29 is 32.3 Å². The van der Waals surface area contributed by atoms with Crippen molar-refractivity contribution >= 4 is 32.9 Å². The lowest BCUT2D eigenvalue weighted by Gasteiger charge is -2.24. The minimum atomic E-state index is -4.08. The molecule has 0 saturated heterocycles. The number of fused-ring (bicyclic) bond motifs is 1. The van der Waals surface area contributed by atoms with Gasteiger partial charge >= 0.3 is 11.9 Å². The van der Waals surface area contributed by atoms with E-state index in [1.807, 2.05) is 72.8 Å². The van der Waals surface area contributed by atoms with Crippen molar-refractivity contribution in [2.24, 2.45) is 0 Å². The van der Waals surface area contributed by atoms with Crippen LogP contribution in [0.15, 0.2) is 106 Å². The van der Waals surface area contributed by atoms with Gasteiger partial charge < -0.3 is 14.3 Å². The number of hydrogen-bond donors (Lipinski definition) is 1. The molecule has 0 amide bonds. The second-order valence-electron chi connectivity index (χ2n) is 11.8. The summed E-state index contributed by atoms with van der Waals surface area (Å²) in [7, 11) is -4.08. The Morgan fingerprint density at radius 3 is 2.18 bits per heavy atom. The van der Waals surface area contributed by atoms with Gasteiger partial charge in [0.1, 0.15) is 11.2 Å². The molecule has 0 aliphatic rings. The Morgan fingerprint density at radius 1 is 0.867 bits per heavy atom. The van der Waals surface area contributed by atoms with Crippen LogP contribution in [0, 0.1) is 6.92 Å². The largest absolute Gasteiger partial charge is 0.475 e. The first-order chi connectivity index (χ1) is 21.3. The molecule has 232 valence electrons. The first kappa shape index (κ1) is 31.7. The normalized spacial score (nSPS) is 12.0. The predicted octanol–water partition coefficient (Wildman–Crippen LogP) is 7.50. The van der Waals surface area contributed by atoms with E-state index >= 15 is 0 Å². The van der Waals surface area contributed by atoms with Crippen LogP contribution in [0.25, 0.3) is 22.1 Å². The standard InChI is InChI=1S/C36H35NO7S/c1-24-30-22-28(16-18-32(30)43-33(24)34(38)39)45(41,42)37(20-19-25-11-7-5-8-12-25)23-26-15-17-29(27-13-9-6-10-14-27)31(21-26)35(40)44-36(2,3)4/h5-18,21-22H,19-20,23H2,1-4H3,(H,38,39). The monoisotopic (exact) mass is 625 g/mol. The number of benzene rings is 4. The zero-order chi connectivity index (χ0) is 32.4. The lowest BCUT2D eigenvalue weighted by Crippen LogP contribution is -2.32. The number of carbonyl (C=O) groups excluding carboxylic acids is 1. The molecular weight excluding hydrogens is 590 g/mol. The Morgan fingerprint density at radius 2 is 1.53 bits per heavy atom. The summed E-state index contributed by atoms with van der Waals surface area (Å²) in [5, 5.41) is 9.90. The van der Waals surface area contributed by atoms with Crippen LogP contribution in [0.4, 0.5) is 0 Å². The second-order valence-corrected chi connectivity index (χ2v) is 13.8. The zero-order valence-electron chi connectivity index (χ0n) is 25.6. The van der Waals surface area contributed by atoms with Crippen molar-refractivity contribution in [3.8, 4) is 11.1 Å². The van der Waals surface area contributed by atoms with E-state index in [1.165, 1.54) is 22.5 Å². The number of esters is 1. The number of carboxylic acid groups (broad SMARTS) is 1. The second kappa shape index (κ2) is 12.7. The third kappa shape index (κ3) is 7.16. The summed E-state index contributed by atoms with van der Waals surface area (Å²) in [5.74, 6) is -1.96. The van der Waals surface area contributed by atoms with E-state index in [2.05, 4.69) is 0 Å². The van der Waals surface area contributed by atoms with E-state index in [4.69, 9.17) is 9.15 Å². The average molecular weight is 626 g/mol. The molecule has 0 fully saturated rings. The smallest absolute Gasteiger partial charge is 0.372 e. The number of rotatable bonds is 10. The van der Waals surface area contributed by atoms with Crippen LogP contribution >= 0.6 is 0 Å². The van der Waals surface area contributed by atoms with Crippen molar-refractivity contribution in [1.82, 2.24) is 4.31 Å². The Bertz CT molecular complexity index is 1960. The summed E-state index contributed by atoms with van der Waals surface area (Å²) >= 11 is 0. The first-order valence-corrected chi connectivity index (χ1v) is 16.0. The van der Waals surface area contributed by atoms with Gasteiger partial charge in [-0.3, -0.25) is 0 Å². The predicted molar refractivity (Wildman–Crippen MR) is 173 cm³/mol. The van der Waals surface area contributed by atoms with E-state index in [0.29, 0.717) is 34.1 Å². The Hall–Kier alpha value is -4.73. The number of carboxylic acids is 1. The van der Waals surface area contributed by atoms with Gasteiger partial charge in [-0.25, -0.2) is 18.0 Å². The van der Waals surface area contributed by atoms with E-state index < -0.39 is 27.6 Å². The molecule has 1 heterocycles. The molecule has 1 N–H and O–H groups in total. The fourth-order valence-electron chi connectivity index (χ4n) is 5.16. The number of ether oxygens (including phenoxy) is 1. The summed E-state index contributed by atoms with van der Waals surface area (Å²) in [5.41, 5.74) is 3.36. The molecule has 8 nitrogen and oxygen atoms in total. The van der Waals surface area contributed by atoms with Crippen LogP contribution in [0.3, 0.4) is 0 Å². The van der Waals surface area contributed by atoms with Crippen LogP contribution in [-0.4, -0.2) is 41.9 Å². The summed E-state index contributed by atoms with van der Waals surface area (Å²) in [6.07, 6.45) is 0.456. The maximum Gasteiger partial charge on any atom is 0.372 e. The van der Waals surface area contributed by atoms with E-state index in [0.717, 1.165) is 11.1 Å². The molecule has 0 aliphatic heterocycles. The molecule has 0 saturated carbocycles. The molecule has 0 radical (unpaired) electrons. The molecule has 1 aromatic heterocycles. The van der Waals surface area contributed by atoms with Crippen LogP contribution in [0.5, 0.6) is 0 Å². The van der Waals surface area contributed by atoms with Crippen molar-refractivity contribution in [2.45, 2.75) is 51.2 Å². The molecule has 0 bridgehead atoms. The van der Waals surface area contributed by atoms with Crippen LogP contribution in [0.1, 0.15) is 58.4 Å². The molecule has 0 unspecified atom stereocenters. The third-order valence-electron chi connectivity index (χ3n) is 7.38. The number of carbonyl (C=O) groups is 2. The van der Waals surface area contributed by atoms with E-state index in [1.54, 1.807) is 33.8 Å². The molecule has 0 spiro atoms. The highest BCUT2D eigenvalue weighted by molar-refractivity contribution is 7.89. The van der Waals surface area contributed by atoms with Gasteiger partial charge in [0.15, 0.2) is 0 Å². The van der Waals surface area contributed by atoms with Gasteiger partial charge in [-0.15, -0.1) is 0 Å². The Labute approximate surface area is 262 Å². The summed E-state index contributed by atoms with van der Waals surface area (Å²) < 4.78 is 41.0. The summed E-state index contributed by atoms with van der Waals surface area (Å²) in [6.45, 7) is 7.14. The van der Waals surface area contributed by atoms with E-state index in [9.17, 15) is 23.1 Å².